The lowest BCUT2D eigenvalue weighted by Gasteiger charge is -2.00. The zero-order valence-electron chi connectivity index (χ0n) is 9.90. The van der Waals surface area contributed by atoms with E-state index in [4.69, 9.17) is 21.7 Å². The van der Waals surface area contributed by atoms with E-state index in [0.717, 1.165) is 0 Å². The molecule has 11 heteroatoms. The van der Waals surface area contributed by atoms with Crippen LogP contribution < -0.4 is 4.74 Å². The van der Waals surface area contributed by atoms with E-state index in [1.54, 1.807) is 12.1 Å². The summed E-state index contributed by atoms with van der Waals surface area (Å²) in [6.45, 7) is 0. The predicted molar refractivity (Wildman–Crippen MR) is 66.0 cm³/mol. The molecule has 2 aromatic heterocycles. The van der Waals surface area contributed by atoms with Crippen molar-refractivity contribution in [2.75, 3.05) is 7.11 Å². The number of diazo groups is 1. The van der Waals surface area contributed by atoms with Crippen LogP contribution >= 0.6 is 11.6 Å². The highest BCUT2D eigenvalue weighted by molar-refractivity contribution is 6.50. The van der Waals surface area contributed by atoms with Crippen molar-refractivity contribution in [2.24, 2.45) is 0 Å². The molecule has 5 nitrogen and oxygen atoms in total. The molecule has 0 atom stereocenters. The maximum atomic E-state index is 9.75. The Bertz CT molecular complexity index is 655. The highest BCUT2D eigenvalue weighted by Gasteiger charge is 2.20. The van der Waals surface area contributed by atoms with Crippen LogP contribution in [-0.2, 0) is 0 Å². The van der Waals surface area contributed by atoms with Gasteiger partial charge in [0.2, 0.25) is 11.3 Å². The van der Waals surface area contributed by atoms with E-state index in [1.807, 2.05) is 0 Å². The van der Waals surface area contributed by atoms with Gasteiger partial charge in [0.05, 0.1) is 12.6 Å². The molecule has 0 bridgehead atoms. The standard InChI is InChI=1S/C9H6ClN4O.BF4/c1-15-7-3-2-5-9(13-7)8(10)6(14-11)4-12-5;2-1(3,4)5/h2-4H,1H3;/q+1;-1. The highest BCUT2D eigenvalue weighted by Crippen LogP contribution is 2.31. The molecule has 0 saturated heterocycles. The number of hydrogen-bond donors (Lipinski definition) is 0. The first kappa shape index (κ1) is 15.9. The molecular weight excluding hydrogens is 302 g/mol. The summed E-state index contributed by atoms with van der Waals surface area (Å²) in [7, 11) is -4.49. The summed E-state index contributed by atoms with van der Waals surface area (Å²) >= 11 is 5.96. The van der Waals surface area contributed by atoms with Crippen molar-refractivity contribution in [2.45, 2.75) is 0 Å². The quantitative estimate of drug-likeness (QED) is 0.452. The topological polar surface area (TPSA) is 63.2 Å². The normalized spacial score (nSPS) is 10.4. The fourth-order valence-electron chi connectivity index (χ4n) is 1.19. The number of halogens is 5. The van der Waals surface area contributed by atoms with Crippen molar-refractivity contribution in [3.05, 3.63) is 28.3 Å². The molecule has 0 saturated carbocycles. The molecule has 0 radical (unpaired) electrons. The lowest BCUT2D eigenvalue weighted by molar-refractivity contribution is 0.368. The molecule has 0 unspecified atom stereocenters. The summed E-state index contributed by atoms with van der Waals surface area (Å²) in [4.78, 5) is 11.1. The average Bonchev–Trinajstić information content (AvgIpc) is 2.37. The van der Waals surface area contributed by atoms with Crippen molar-refractivity contribution in [1.29, 1.82) is 5.39 Å². The minimum Gasteiger partial charge on any atom is -0.481 e. The number of pyridine rings is 2. The molecule has 0 aliphatic carbocycles. The van der Waals surface area contributed by atoms with Crippen LogP contribution in [0, 0.1) is 5.39 Å². The Kier molecular flexibility index (Phi) is 5.04. The Balaban J connectivity index is 0.000000347. The molecule has 0 amide bonds. The van der Waals surface area contributed by atoms with Crippen molar-refractivity contribution >= 4 is 35.6 Å². The van der Waals surface area contributed by atoms with Crippen LogP contribution in [0.1, 0.15) is 0 Å². The van der Waals surface area contributed by atoms with Gasteiger partial charge < -0.3 is 22.0 Å². The van der Waals surface area contributed by atoms with E-state index in [1.165, 1.54) is 13.3 Å². The van der Waals surface area contributed by atoms with Gasteiger partial charge in [0.25, 0.3) is 0 Å². The Morgan fingerprint density at radius 2 is 1.90 bits per heavy atom. The zero-order chi connectivity index (χ0) is 15.3. The SMILES string of the molecule is COc1ccc2ncc([N+]#N)c(Cl)c2n1.F[B-](F)(F)F. The number of rotatable bonds is 1. The van der Waals surface area contributed by atoms with Crippen molar-refractivity contribution in [3.63, 3.8) is 0 Å². The smallest absolute Gasteiger partial charge is 0.481 e. The molecule has 0 fully saturated rings. The number of nitrogens with zero attached hydrogens (tertiary/aromatic N) is 4. The number of aromatic nitrogens is 2. The fourth-order valence-corrected chi connectivity index (χ4v) is 1.42. The van der Waals surface area contributed by atoms with E-state index in [2.05, 4.69) is 14.9 Å². The summed E-state index contributed by atoms with van der Waals surface area (Å²) in [5.41, 5.74) is 1.25. The van der Waals surface area contributed by atoms with Crippen LogP contribution in [0.4, 0.5) is 23.0 Å². The minimum absolute atomic E-state index is 0.185. The van der Waals surface area contributed by atoms with Gasteiger partial charge in [0.15, 0.2) is 10.00 Å². The van der Waals surface area contributed by atoms with Gasteiger partial charge in [-0.15, -0.1) is 0 Å². The van der Waals surface area contributed by atoms with Gasteiger partial charge in [-0.25, -0.2) is 9.97 Å². The number of ether oxygens (including phenoxy) is 1. The van der Waals surface area contributed by atoms with Crippen LogP contribution in [0.15, 0.2) is 18.3 Å². The molecule has 2 heterocycles. The second-order valence-electron chi connectivity index (χ2n) is 3.27. The molecular formula is C9H6BClF4N4O. The van der Waals surface area contributed by atoms with Crippen molar-refractivity contribution in [1.82, 2.24) is 9.97 Å². The van der Waals surface area contributed by atoms with Gasteiger partial charge in [-0.3, -0.25) is 0 Å². The summed E-state index contributed by atoms with van der Waals surface area (Å²) in [6, 6.07) is 3.41. The summed E-state index contributed by atoms with van der Waals surface area (Å²) in [6.07, 6.45) is 1.37. The van der Waals surface area contributed by atoms with Crippen LogP contribution in [0.2, 0.25) is 5.02 Å². The van der Waals surface area contributed by atoms with Crippen LogP contribution in [0.5, 0.6) is 5.88 Å². The van der Waals surface area contributed by atoms with Crippen LogP contribution in [0.25, 0.3) is 16.0 Å². The zero-order valence-corrected chi connectivity index (χ0v) is 10.7. The van der Waals surface area contributed by atoms with Crippen LogP contribution in [-0.4, -0.2) is 24.3 Å². The molecule has 0 aliphatic heterocycles. The lowest BCUT2D eigenvalue weighted by Crippen LogP contribution is -2.02. The van der Waals surface area contributed by atoms with Gasteiger partial charge in [-0.05, 0) is 6.07 Å². The first-order chi connectivity index (χ1) is 9.26. The maximum absolute atomic E-state index is 9.75. The lowest BCUT2D eigenvalue weighted by atomic mass is 10.3. The molecule has 2 aromatic rings. The van der Waals surface area contributed by atoms with Crippen molar-refractivity contribution in [3.8, 4) is 5.88 Å². The monoisotopic (exact) mass is 308 g/mol. The second kappa shape index (κ2) is 6.34. The molecule has 0 spiro atoms. The Morgan fingerprint density at radius 3 is 2.40 bits per heavy atom. The number of methoxy groups -OCH3 is 1. The first-order valence-electron chi connectivity index (χ1n) is 4.98. The Labute approximate surface area is 115 Å². The maximum Gasteiger partial charge on any atom is 0.673 e. The first-order valence-corrected chi connectivity index (χ1v) is 5.35. The largest absolute Gasteiger partial charge is 0.673 e. The van der Waals surface area contributed by atoms with E-state index in [9.17, 15) is 17.3 Å². The summed E-state index contributed by atoms with van der Waals surface area (Å²) < 4.78 is 44.0. The molecule has 0 N–H and O–H groups in total. The third-order valence-corrected chi connectivity index (χ3v) is 2.30. The Morgan fingerprint density at radius 1 is 1.30 bits per heavy atom. The van der Waals surface area contributed by atoms with Gasteiger partial charge in [0.1, 0.15) is 11.7 Å². The second-order valence-corrected chi connectivity index (χ2v) is 3.65. The van der Waals surface area contributed by atoms with Crippen molar-refractivity contribution < 1.29 is 22.0 Å². The third kappa shape index (κ3) is 4.51. The molecule has 2 rings (SSSR count). The van der Waals surface area contributed by atoms with E-state index < -0.39 is 7.25 Å². The summed E-state index contributed by atoms with van der Waals surface area (Å²) in [5, 5.41) is 8.90. The highest BCUT2D eigenvalue weighted by atomic mass is 35.5. The van der Waals surface area contributed by atoms with Crippen LogP contribution in [0.3, 0.4) is 0 Å². The van der Waals surface area contributed by atoms with E-state index in [-0.39, 0.29) is 10.7 Å². The van der Waals surface area contributed by atoms with Gasteiger partial charge >= 0.3 is 12.9 Å². The fraction of sp³-hybridized carbons (Fsp3) is 0.111. The molecule has 106 valence electrons. The molecule has 0 aliphatic rings. The molecule has 20 heavy (non-hydrogen) atoms. The molecule has 0 aromatic carbocycles. The predicted octanol–water partition coefficient (Wildman–Crippen LogP) is 4.08. The van der Waals surface area contributed by atoms with Gasteiger partial charge in [-0.1, -0.05) is 11.6 Å². The Hall–Kier alpha value is -2.15. The van der Waals surface area contributed by atoms with Gasteiger partial charge in [-0.2, -0.15) is 0 Å². The number of fused-ring (bicyclic) bond motifs is 1. The third-order valence-electron chi connectivity index (χ3n) is 1.92. The van der Waals surface area contributed by atoms with Gasteiger partial charge in [0, 0.05) is 6.07 Å². The summed E-state index contributed by atoms with van der Waals surface area (Å²) in [5.74, 6) is 0.432. The average molecular weight is 308 g/mol. The van der Waals surface area contributed by atoms with E-state index in [0.29, 0.717) is 16.9 Å². The van der Waals surface area contributed by atoms with E-state index >= 15 is 0 Å². The number of hydrogen-bond acceptors (Lipinski definition) is 4. The minimum atomic E-state index is -6.00.